The van der Waals surface area contributed by atoms with E-state index in [2.05, 4.69) is 0 Å². The first-order valence-electron chi connectivity index (χ1n) is 5.89. The molecule has 0 heterocycles. The second-order valence-corrected chi connectivity index (χ2v) is 4.22. The molecule has 0 aliphatic carbocycles. The van der Waals surface area contributed by atoms with Gasteiger partial charge in [-0.3, -0.25) is 0 Å². The van der Waals surface area contributed by atoms with Crippen molar-refractivity contribution in [1.29, 1.82) is 0 Å². The second-order valence-electron chi connectivity index (χ2n) is 4.22. The summed E-state index contributed by atoms with van der Waals surface area (Å²) >= 11 is 0. The van der Waals surface area contributed by atoms with E-state index < -0.39 is 11.7 Å². The third-order valence-corrected chi connectivity index (χ3v) is 2.87. The van der Waals surface area contributed by atoms with Crippen LogP contribution >= 0.6 is 0 Å². The predicted octanol–water partition coefficient (Wildman–Crippen LogP) is 3.91. The Morgan fingerprint density at radius 3 is 2.37 bits per heavy atom. The van der Waals surface area contributed by atoms with Crippen LogP contribution in [-0.2, 0) is 12.6 Å². The minimum atomic E-state index is -4.37. The minimum Gasteiger partial charge on any atom is -0.396 e. The van der Waals surface area contributed by atoms with Crippen LogP contribution in [0.2, 0.25) is 0 Å². The SMILES string of the molecule is OCCc1cccc(-c2ccccc2C(F)(F)F)c1. The third kappa shape index (κ3) is 3.15. The fraction of sp³-hybridized carbons (Fsp3) is 0.200. The van der Waals surface area contributed by atoms with E-state index in [9.17, 15) is 13.2 Å². The summed E-state index contributed by atoms with van der Waals surface area (Å²) in [5, 5.41) is 8.88. The molecule has 0 spiro atoms. The molecule has 0 bridgehead atoms. The molecule has 0 atom stereocenters. The topological polar surface area (TPSA) is 20.2 Å². The minimum absolute atomic E-state index is 0.0234. The lowest BCUT2D eigenvalue weighted by molar-refractivity contribution is -0.137. The number of rotatable bonds is 3. The van der Waals surface area contributed by atoms with Gasteiger partial charge in [-0.25, -0.2) is 0 Å². The van der Waals surface area contributed by atoms with Crippen LogP contribution in [0.15, 0.2) is 48.5 Å². The van der Waals surface area contributed by atoms with E-state index in [1.54, 1.807) is 30.3 Å². The molecule has 0 aliphatic heterocycles. The van der Waals surface area contributed by atoms with Crippen LogP contribution in [0, 0.1) is 0 Å². The van der Waals surface area contributed by atoms with Crippen molar-refractivity contribution in [2.45, 2.75) is 12.6 Å². The molecule has 2 aromatic carbocycles. The highest BCUT2D eigenvalue weighted by Crippen LogP contribution is 2.36. The van der Waals surface area contributed by atoms with Crippen LogP contribution in [0.1, 0.15) is 11.1 Å². The zero-order chi connectivity index (χ0) is 13.9. The van der Waals surface area contributed by atoms with Gasteiger partial charge < -0.3 is 5.11 Å². The maximum absolute atomic E-state index is 12.9. The van der Waals surface area contributed by atoms with E-state index in [0.29, 0.717) is 12.0 Å². The highest BCUT2D eigenvalue weighted by Gasteiger charge is 2.33. The number of halogens is 3. The van der Waals surface area contributed by atoms with Gasteiger partial charge in [-0.1, -0.05) is 42.5 Å². The van der Waals surface area contributed by atoms with Gasteiger partial charge in [0.15, 0.2) is 0 Å². The summed E-state index contributed by atoms with van der Waals surface area (Å²) in [6, 6.07) is 12.3. The number of hydrogen-bond acceptors (Lipinski definition) is 1. The quantitative estimate of drug-likeness (QED) is 0.893. The zero-order valence-corrected chi connectivity index (χ0v) is 10.1. The molecule has 19 heavy (non-hydrogen) atoms. The summed E-state index contributed by atoms with van der Waals surface area (Å²) < 4.78 is 38.8. The van der Waals surface area contributed by atoms with Crippen LogP contribution in [0.3, 0.4) is 0 Å². The van der Waals surface area contributed by atoms with E-state index >= 15 is 0 Å². The van der Waals surface area contributed by atoms with Gasteiger partial charge in [0.05, 0.1) is 5.56 Å². The van der Waals surface area contributed by atoms with Crippen LogP contribution in [0.5, 0.6) is 0 Å². The van der Waals surface area contributed by atoms with Crippen molar-refractivity contribution < 1.29 is 18.3 Å². The lowest BCUT2D eigenvalue weighted by atomic mass is 9.97. The van der Waals surface area contributed by atoms with Crippen molar-refractivity contribution >= 4 is 0 Å². The summed E-state index contributed by atoms with van der Waals surface area (Å²) in [5.41, 5.74) is 0.849. The number of benzene rings is 2. The fourth-order valence-electron chi connectivity index (χ4n) is 2.01. The van der Waals surface area contributed by atoms with E-state index in [1.807, 2.05) is 0 Å². The van der Waals surface area contributed by atoms with E-state index in [-0.39, 0.29) is 12.2 Å². The molecule has 0 saturated carbocycles. The van der Waals surface area contributed by atoms with E-state index in [1.165, 1.54) is 12.1 Å². The molecule has 1 N–H and O–H groups in total. The maximum atomic E-state index is 12.9. The Labute approximate surface area is 109 Å². The van der Waals surface area contributed by atoms with Crippen LogP contribution < -0.4 is 0 Å². The Bertz CT molecular complexity index is 561. The first-order chi connectivity index (χ1) is 9.02. The number of hydrogen-bond donors (Lipinski definition) is 1. The van der Waals surface area contributed by atoms with Crippen LogP contribution in [0.4, 0.5) is 13.2 Å². The van der Waals surface area contributed by atoms with Gasteiger partial charge in [0, 0.05) is 6.61 Å². The highest BCUT2D eigenvalue weighted by atomic mass is 19.4. The lowest BCUT2D eigenvalue weighted by Gasteiger charge is -2.13. The van der Waals surface area contributed by atoms with Gasteiger partial charge in [-0.15, -0.1) is 0 Å². The van der Waals surface area contributed by atoms with Crippen LogP contribution in [0.25, 0.3) is 11.1 Å². The highest BCUT2D eigenvalue weighted by molar-refractivity contribution is 5.68. The summed E-state index contributed by atoms with van der Waals surface area (Å²) in [6.07, 6.45) is -3.94. The van der Waals surface area contributed by atoms with Crippen molar-refractivity contribution in [3.05, 3.63) is 59.7 Å². The molecule has 2 rings (SSSR count). The van der Waals surface area contributed by atoms with Gasteiger partial charge in [0.2, 0.25) is 0 Å². The zero-order valence-electron chi connectivity index (χ0n) is 10.1. The third-order valence-electron chi connectivity index (χ3n) is 2.87. The molecule has 2 aromatic rings. The standard InChI is InChI=1S/C15H13F3O/c16-15(17,18)14-7-2-1-6-13(14)12-5-3-4-11(10-12)8-9-19/h1-7,10,19H,8-9H2. The van der Waals surface area contributed by atoms with Crippen molar-refractivity contribution in [3.8, 4) is 11.1 Å². The Kier molecular flexibility index (Phi) is 3.90. The van der Waals surface area contributed by atoms with Crippen LogP contribution in [-0.4, -0.2) is 11.7 Å². The molecule has 0 fully saturated rings. The van der Waals surface area contributed by atoms with Crippen molar-refractivity contribution in [2.24, 2.45) is 0 Å². The monoisotopic (exact) mass is 266 g/mol. The van der Waals surface area contributed by atoms with Gasteiger partial charge >= 0.3 is 6.18 Å². The Morgan fingerprint density at radius 1 is 0.947 bits per heavy atom. The molecule has 1 nitrogen and oxygen atoms in total. The molecular weight excluding hydrogens is 253 g/mol. The number of aliphatic hydroxyl groups excluding tert-OH is 1. The van der Waals surface area contributed by atoms with Crippen molar-refractivity contribution in [3.63, 3.8) is 0 Å². The number of aliphatic hydroxyl groups is 1. The smallest absolute Gasteiger partial charge is 0.396 e. The summed E-state index contributed by atoms with van der Waals surface area (Å²) in [5.74, 6) is 0. The van der Waals surface area contributed by atoms with Gasteiger partial charge in [0.25, 0.3) is 0 Å². The molecule has 4 heteroatoms. The Morgan fingerprint density at radius 2 is 1.68 bits per heavy atom. The molecule has 0 aromatic heterocycles. The largest absolute Gasteiger partial charge is 0.417 e. The summed E-state index contributed by atoms with van der Waals surface area (Å²) in [4.78, 5) is 0. The molecule has 0 unspecified atom stereocenters. The molecule has 0 amide bonds. The molecule has 0 radical (unpaired) electrons. The van der Waals surface area contributed by atoms with Crippen molar-refractivity contribution in [1.82, 2.24) is 0 Å². The maximum Gasteiger partial charge on any atom is 0.417 e. The van der Waals surface area contributed by atoms with Crippen molar-refractivity contribution in [2.75, 3.05) is 6.61 Å². The molecule has 0 saturated heterocycles. The molecule has 0 aliphatic rings. The molecule has 100 valence electrons. The van der Waals surface area contributed by atoms with E-state index in [0.717, 1.165) is 11.6 Å². The predicted molar refractivity (Wildman–Crippen MR) is 67.7 cm³/mol. The number of alkyl halides is 3. The van der Waals surface area contributed by atoms with Gasteiger partial charge in [-0.05, 0) is 29.2 Å². The first kappa shape index (κ1) is 13.6. The summed E-state index contributed by atoms with van der Waals surface area (Å²) in [7, 11) is 0. The lowest BCUT2D eigenvalue weighted by Crippen LogP contribution is -2.06. The average Bonchev–Trinajstić information content (AvgIpc) is 2.38. The second kappa shape index (κ2) is 5.45. The molecular formula is C15H13F3O. The fourth-order valence-corrected chi connectivity index (χ4v) is 2.01. The van der Waals surface area contributed by atoms with E-state index in [4.69, 9.17) is 5.11 Å². The average molecular weight is 266 g/mol. The van der Waals surface area contributed by atoms with Gasteiger partial charge in [0.1, 0.15) is 0 Å². The Balaban J connectivity index is 2.50. The summed E-state index contributed by atoms with van der Waals surface area (Å²) in [6.45, 7) is -0.0234. The first-order valence-corrected chi connectivity index (χ1v) is 5.89. The van der Waals surface area contributed by atoms with Gasteiger partial charge in [-0.2, -0.15) is 13.2 Å². The Hall–Kier alpha value is -1.81. The normalized spacial score (nSPS) is 11.6.